The van der Waals surface area contributed by atoms with Gasteiger partial charge in [-0.3, -0.25) is 0 Å². The highest BCUT2D eigenvalue weighted by Crippen LogP contribution is 2.48. The van der Waals surface area contributed by atoms with Gasteiger partial charge in [0.05, 0.1) is 18.6 Å². The Morgan fingerprint density at radius 2 is 1.34 bits per heavy atom. The molecule has 0 radical (unpaired) electrons. The van der Waals surface area contributed by atoms with Gasteiger partial charge in [0, 0.05) is 33.4 Å². The van der Waals surface area contributed by atoms with E-state index in [4.69, 9.17) is 18.9 Å². The van der Waals surface area contributed by atoms with Gasteiger partial charge in [0.25, 0.3) is 0 Å². The lowest BCUT2D eigenvalue weighted by Crippen LogP contribution is -2.46. The van der Waals surface area contributed by atoms with Gasteiger partial charge in [-0.05, 0) is 67.1 Å². The molecule has 1 saturated heterocycles. The normalized spacial score (nSPS) is 14.2. The molecule has 1 aliphatic heterocycles. The minimum Gasteiger partial charge on any atom is -0.482 e. The molecule has 0 saturated carbocycles. The van der Waals surface area contributed by atoms with E-state index in [9.17, 15) is 4.79 Å². The van der Waals surface area contributed by atoms with E-state index in [2.05, 4.69) is 67.6 Å². The molecular formula is C32H29O5S+. The van der Waals surface area contributed by atoms with Crippen molar-refractivity contribution in [3.63, 3.8) is 0 Å². The van der Waals surface area contributed by atoms with Crippen LogP contribution in [0.5, 0.6) is 17.2 Å². The Morgan fingerprint density at radius 1 is 0.789 bits per heavy atom. The van der Waals surface area contributed by atoms with Crippen molar-refractivity contribution in [3.05, 3.63) is 97.1 Å². The zero-order chi connectivity index (χ0) is 26.0. The van der Waals surface area contributed by atoms with Crippen LogP contribution in [0.2, 0.25) is 0 Å². The van der Waals surface area contributed by atoms with Crippen LogP contribution < -0.4 is 9.47 Å². The molecule has 1 fully saturated rings. The molecule has 5 nitrogen and oxygen atoms in total. The fourth-order valence-electron chi connectivity index (χ4n) is 4.69. The first kappa shape index (κ1) is 24.5. The lowest BCUT2D eigenvalue weighted by molar-refractivity contribution is -0.171. The zero-order valence-electron chi connectivity index (χ0n) is 21.2. The second kappa shape index (κ2) is 10.5. The number of ether oxygens (including phenoxy) is 4. The van der Waals surface area contributed by atoms with Gasteiger partial charge in [-0.25, -0.2) is 4.79 Å². The minimum atomic E-state index is -0.377. The topological polar surface area (TPSA) is 54.0 Å². The van der Waals surface area contributed by atoms with Gasteiger partial charge in [0.15, 0.2) is 20.9 Å². The van der Waals surface area contributed by atoms with E-state index in [0.29, 0.717) is 31.3 Å². The SMILES string of the molecule is CCC1(COC(=O)COc2ccc(Oc3ccc(-[s+]4c5ccccc5c5ccccc54)cc3)cc2)COC1. The van der Waals surface area contributed by atoms with Crippen molar-refractivity contribution in [2.24, 2.45) is 5.41 Å². The molecule has 0 atom stereocenters. The maximum Gasteiger partial charge on any atom is 0.344 e. The first-order valence-corrected chi connectivity index (χ1v) is 14.0. The van der Waals surface area contributed by atoms with Gasteiger partial charge in [0.1, 0.15) is 23.9 Å². The first-order valence-electron chi connectivity index (χ1n) is 12.8. The van der Waals surface area contributed by atoms with Gasteiger partial charge in [-0.1, -0.05) is 31.2 Å². The Morgan fingerprint density at radius 3 is 1.89 bits per heavy atom. The van der Waals surface area contributed by atoms with Crippen LogP contribution in [0, 0.1) is 5.41 Å². The van der Waals surface area contributed by atoms with Crippen LogP contribution in [0.4, 0.5) is 0 Å². The predicted molar refractivity (Wildman–Crippen MR) is 152 cm³/mol. The van der Waals surface area contributed by atoms with Gasteiger partial charge in [-0.2, -0.15) is 0 Å². The van der Waals surface area contributed by atoms with E-state index < -0.39 is 0 Å². The second-order valence-corrected chi connectivity index (χ2v) is 11.6. The number of esters is 1. The van der Waals surface area contributed by atoms with E-state index >= 15 is 0 Å². The summed E-state index contributed by atoms with van der Waals surface area (Å²) in [4.78, 5) is 13.3. The molecule has 192 valence electrons. The highest BCUT2D eigenvalue weighted by atomic mass is 32.2. The van der Waals surface area contributed by atoms with Crippen molar-refractivity contribution in [1.29, 1.82) is 0 Å². The molecule has 0 N–H and O–H groups in total. The van der Waals surface area contributed by atoms with Crippen LogP contribution in [0.3, 0.4) is 0 Å². The Hall–Kier alpha value is -3.87. The highest BCUT2D eigenvalue weighted by molar-refractivity contribution is 7.50. The molecule has 1 aromatic heterocycles. The number of hydrogen-bond donors (Lipinski definition) is 0. The molecule has 1 aliphatic rings. The lowest BCUT2D eigenvalue weighted by Gasteiger charge is -2.39. The minimum absolute atomic E-state index is 0.0284. The molecule has 5 aromatic rings. The number of carbonyl (C=O) groups is 1. The van der Waals surface area contributed by atoms with Crippen LogP contribution in [-0.2, 0) is 14.3 Å². The Bertz CT molecular complexity index is 1510. The van der Waals surface area contributed by atoms with E-state index in [0.717, 1.165) is 12.2 Å². The summed E-state index contributed by atoms with van der Waals surface area (Å²) in [6.07, 6.45) is 0.925. The lowest BCUT2D eigenvalue weighted by atomic mass is 9.84. The third kappa shape index (κ3) is 4.85. The molecule has 2 heterocycles. The molecule has 6 heteroatoms. The molecule has 0 unspecified atom stereocenters. The number of benzene rings is 4. The number of hydrogen-bond acceptors (Lipinski definition) is 5. The fourth-order valence-corrected chi connectivity index (χ4v) is 7.07. The maximum atomic E-state index is 12.1. The molecule has 0 amide bonds. The van der Waals surface area contributed by atoms with Crippen LogP contribution in [0.1, 0.15) is 13.3 Å². The van der Waals surface area contributed by atoms with Crippen LogP contribution in [0.15, 0.2) is 97.1 Å². The summed E-state index contributed by atoms with van der Waals surface area (Å²) in [7, 11) is -0.126. The quantitative estimate of drug-likeness (QED) is 0.145. The monoisotopic (exact) mass is 525 g/mol. The largest absolute Gasteiger partial charge is 0.482 e. The summed E-state index contributed by atoms with van der Waals surface area (Å²) in [5.41, 5.74) is -0.0284. The molecule has 0 bridgehead atoms. The van der Waals surface area contributed by atoms with Crippen LogP contribution in [0.25, 0.3) is 25.1 Å². The molecule has 38 heavy (non-hydrogen) atoms. The summed E-state index contributed by atoms with van der Waals surface area (Å²) in [5.74, 6) is 1.67. The third-order valence-electron chi connectivity index (χ3n) is 7.09. The summed E-state index contributed by atoms with van der Waals surface area (Å²) >= 11 is 0. The maximum absolute atomic E-state index is 12.1. The van der Waals surface area contributed by atoms with Crippen molar-refractivity contribution in [3.8, 4) is 22.1 Å². The van der Waals surface area contributed by atoms with E-state index in [1.54, 1.807) is 12.1 Å². The summed E-state index contributed by atoms with van der Waals surface area (Å²) < 4.78 is 25.0. The zero-order valence-corrected chi connectivity index (χ0v) is 22.0. The summed E-state index contributed by atoms with van der Waals surface area (Å²) in [6, 6.07) is 32.9. The van der Waals surface area contributed by atoms with E-state index in [-0.39, 0.29) is 28.5 Å². The van der Waals surface area contributed by atoms with Gasteiger partial charge < -0.3 is 18.9 Å². The fraction of sp³-hybridized carbons (Fsp3) is 0.219. The molecule has 6 rings (SSSR count). The van der Waals surface area contributed by atoms with Crippen LogP contribution in [-0.4, -0.2) is 32.4 Å². The standard InChI is InChI=1S/C32H29O5S/c1-2-32(20-34-21-32)22-36-31(33)19-35-23-11-13-24(14-12-23)37-25-15-17-26(18-16-25)38-29-9-5-3-7-27(29)28-8-4-6-10-30(28)38/h3-18H,2,19-22H2,1H3/q+1. The van der Waals surface area contributed by atoms with Gasteiger partial charge in [-0.15, -0.1) is 0 Å². The van der Waals surface area contributed by atoms with Crippen molar-refractivity contribution in [1.82, 2.24) is 0 Å². The predicted octanol–water partition coefficient (Wildman–Crippen LogP) is 7.87. The Balaban J connectivity index is 1.09. The van der Waals surface area contributed by atoms with Gasteiger partial charge >= 0.3 is 5.97 Å². The van der Waals surface area contributed by atoms with Crippen LogP contribution >= 0.6 is 10.5 Å². The Labute approximate surface area is 224 Å². The Kier molecular flexibility index (Phi) is 6.75. The smallest absolute Gasteiger partial charge is 0.344 e. The average molecular weight is 526 g/mol. The first-order chi connectivity index (χ1) is 18.6. The number of rotatable bonds is 9. The number of fused-ring (bicyclic) bond motifs is 3. The summed E-state index contributed by atoms with van der Waals surface area (Å²) in [5, 5.41) is 2.64. The van der Waals surface area contributed by atoms with Crippen molar-refractivity contribution >= 4 is 36.6 Å². The third-order valence-corrected chi connectivity index (χ3v) is 9.42. The van der Waals surface area contributed by atoms with Crippen molar-refractivity contribution in [2.45, 2.75) is 13.3 Å². The number of thiophene rings is 1. The van der Waals surface area contributed by atoms with E-state index in [1.807, 2.05) is 24.3 Å². The molecule has 4 aromatic carbocycles. The van der Waals surface area contributed by atoms with Gasteiger partial charge in [0.2, 0.25) is 0 Å². The molecule has 0 aliphatic carbocycles. The van der Waals surface area contributed by atoms with E-state index in [1.165, 1.54) is 25.1 Å². The average Bonchev–Trinajstić information content (AvgIpc) is 3.27. The number of carbonyl (C=O) groups excluding carboxylic acids is 1. The second-order valence-electron chi connectivity index (χ2n) is 9.64. The summed E-state index contributed by atoms with van der Waals surface area (Å²) in [6.45, 7) is 3.61. The van der Waals surface area contributed by atoms with Crippen molar-refractivity contribution in [2.75, 3.05) is 26.4 Å². The molecular weight excluding hydrogens is 496 g/mol. The highest BCUT2D eigenvalue weighted by Gasteiger charge is 2.38. The molecule has 0 spiro atoms. The van der Waals surface area contributed by atoms with Crippen molar-refractivity contribution < 1.29 is 23.7 Å².